The molecule has 0 N–H and O–H groups in total. The van der Waals surface area contributed by atoms with Crippen LogP contribution < -0.4 is 9.64 Å². The van der Waals surface area contributed by atoms with Gasteiger partial charge < -0.3 is 9.64 Å². The minimum Gasteiger partial charge on any atom is -0.487 e. The number of rotatable bonds is 6. The lowest BCUT2D eigenvalue weighted by Crippen LogP contribution is -2.21. The zero-order valence-electron chi connectivity index (χ0n) is 14.0. The molecule has 0 saturated carbocycles. The van der Waals surface area contributed by atoms with Gasteiger partial charge in [-0.3, -0.25) is 14.8 Å². The van der Waals surface area contributed by atoms with Gasteiger partial charge in [-0.05, 0) is 43.4 Å². The number of anilines is 1. The van der Waals surface area contributed by atoms with Crippen LogP contribution in [0.2, 0.25) is 0 Å². The third-order valence-electron chi connectivity index (χ3n) is 4.37. The number of nitro groups is 1. The highest BCUT2D eigenvalue weighted by molar-refractivity contribution is 5.70. The average Bonchev–Trinajstić information content (AvgIpc) is 3.17. The van der Waals surface area contributed by atoms with E-state index in [-0.39, 0.29) is 10.6 Å². The highest BCUT2D eigenvalue weighted by Gasteiger charge is 2.30. The molecule has 1 aromatic carbocycles. The molecule has 2 aromatic rings. The predicted molar refractivity (Wildman–Crippen MR) is 91.5 cm³/mol. The van der Waals surface area contributed by atoms with Gasteiger partial charge in [0.2, 0.25) is 0 Å². The Balaban J connectivity index is 1.77. The van der Waals surface area contributed by atoms with Gasteiger partial charge in [0.1, 0.15) is 5.69 Å². The first-order valence-electron chi connectivity index (χ1n) is 8.21. The van der Waals surface area contributed by atoms with E-state index >= 15 is 0 Å². The Morgan fingerprint density at radius 2 is 2.29 bits per heavy atom. The summed E-state index contributed by atoms with van der Waals surface area (Å²) in [5, 5.41) is 15.7. The number of hydrogen-bond donors (Lipinski definition) is 0. The maximum atomic E-state index is 11.5. The summed E-state index contributed by atoms with van der Waals surface area (Å²) < 4.78 is 7.25. The second-order valence-electron chi connectivity index (χ2n) is 6.14. The van der Waals surface area contributed by atoms with Crippen molar-refractivity contribution >= 4 is 11.4 Å². The van der Waals surface area contributed by atoms with Gasteiger partial charge in [0.25, 0.3) is 0 Å². The van der Waals surface area contributed by atoms with Crippen molar-refractivity contribution < 1.29 is 9.66 Å². The van der Waals surface area contributed by atoms with Crippen molar-refractivity contribution in [1.82, 2.24) is 9.78 Å². The van der Waals surface area contributed by atoms with Crippen LogP contribution in [0.15, 0.2) is 30.6 Å². The summed E-state index contributed by atoms with van der Waals surface area (Å²) in [5.74, 6) is 0.820. The van der Waals surface area contributed by atoms with Crippen LogP contribution in [0.1, 0.15) is 18.9 Å². The van der Waals surface area contributed by atoms with Crippen LogP contribution in [-0.4, -0.2) is 34.4 Å². The van der Waals surface area contributed by atoms with Crippen LogP contribution in [-0.2, 0) is 13.5 Å². The van der Waals surface area contributed by atoms with Crippen molar-refractivity contribution in [3.63, 3.8) is 0 Å². The lowest BCUT2D eigenvalue weighted by molar-refractivity contribution is -0.385. The number of aromatic nitrogens is 2. The van der Waals surface area contributed by atoms with E-state index in [1.54, 1.807) is 10.7 Å². The molecule has 0 amide bonds. The molecule has 1 aliphatic rings. The SMILES string of the molecule is CCOc1cccc(N2CC[C@H](Cc3cnn(C)c3)C2)c1[N+](=O)[O-]. The largest absolute Gasteiger partial charge is 0.487 e. The number of hydrogen-bond acceptors (Lipinski definition) is 5. The molecule has 1 atom stereocenters. The zero-order valence-corrected chi connectivity index (χ0v) is 14.0. The third-order valence-corrected chi connectivity index (χ3v) is 4.37. The van der Waals surface area contributed by atoms with E-state index in [4.69, 9.17) is 4.74 Å². The third kappa shape index (κ3) is 3.34. The van der Waals surface area contributed by atoms with E-state index in [1.807, 2.05) is 38.5 Å². The summed E-state index contributed by atoms with van der Waals surface area (Å²) in [4.78, 5) is 13.3. The van der Waals surface area contributed by atoms with Gasteiger partial charge >= 0.3 is 5.69 Å². The lowest BCUT2D eigenvalue weighted by atomic mass is 10.0. The molecular formula is C17H22N4O3. The van der Waals surface area contributed by atoms with Crippen molar-refractivity contribution in [3.8, 4) is 5.75 Å². The Bertz CT molecular complexity index is 728. The first kappa shape index (κ1) is 16.3. The highest BCUT2D eigenvalue weighted by Crippen LogP contribution is 2.39. The fraction of sp³-hybridized carbons (Fsp3) is 0.471. The molecule has 0 bridgehead atoms. The van der Waals surface area contributed by atoms with Gasteiger partial charge in [-0.1, -0.05) is 6.07 Å². The van der Waals surface area contributed by atoms with E-state index < -0.39 is 0 Å². The molecule has 2 heterocycles. The molecule has 0 spiro atoms. The first-order chi connectivity index (χ1) is 11.6. The Morgan fingerprint density at radius 3 is 2.96 bits per heavy atom. The Kier molecular flexibility index (Phi) is 4.69. The molecule has 0 radical (unpaired) electrons. The molecular weight excluding hydrogens is 308 g/mol. The maximum Gasteiger partial charge on any atom is 0.333 e. The Hall–Kier alpha value is -2.57. The monoisotopic (exact) mass is 330 g/mol. The number of benzene rings is 1. The molecule has 128 valence electrons. The summed E-state index contributed by atoms with van der Waals surface area (Å²) in [6, 6.07) is 5.29. The van der Waals surface area contributed by atoms with E-state index in [2.05, 4.69) is 10.00 Å². The molecule has 0 unspecified atom stereocenters. The minimum atomic E-state index is -0.339. The van der Waals surface area contributed by atoms with E-state index in [0.717, 1.165) is 25.9 Å². The molecule has 3 rings (SSSR count). The van der Waals surface area contributed by atoms with Crippen LogP contribution in [0, 0.1) is 16.0 Å². The van der Waals surface area contributed by atoms with E-state index in [9.17, 15) is 10.1 Å². The van der Waals surface area contributed by atoms with Crippen molar-refractivity contribution in [2.45, 2.75) is 19.8 Å². The molecule has 1 aromatic heterocycles. The van der Waals surface area contributed by atoms with Gasteiger partial charge in [-0.2, -0.15) is 5.10 Å². The lowest BCUT2D eigenvalue weighted by Gasteiger charge is -2.19. The van der Waals surface area contributed by atoms with Crippen LogP contribution in [0.5, 0.6) is 5.75 Å². The maximum absolute atomic E-state index is 11.5. The van der Waals surface area contributed by atoms with Crippen LogP contribution >= 0.6 is 0 Å². The van der Waals surface area contributed by atoms with Crippen LogP contribution in [0.25, 0.3) is 0 Å². The van der Waals surface area contributed by atoms with Crippen molar-refractivity contribution in [2.75, 3.05) is 24.6 Å². The van der Waals surface area contributed by atoms with Crippen molar-refractivity contribution in [2.24, 2.45) is 13.0 Å². The quantitative estimate of drug-likeness (QED) is 0.601. The zero-order chi connectivity index (χ0) is 17.1. The van der Waals surface area contributed by atoms with Gasteiger partial charge in [0, 0.05) is 26.3 Å². The summed E-state index contributed by atoms with van der Waals surface area (Å²) >= 11 is 0. The summed E-state index contributed by atoms with van der Waals surface area (Å²) in [5.41, 5.74) is 1.93. The van der Waals surface area contributed by atoms with Crippen LogP contribution in [0.4, 0.5) is 11.4 Å². The molecule has 1 saturated heterocycles. The molecule has 0 aliphatic carbocycles. The second kappa shape index (κ2) is 6.90. The van der Waals surface area contributed by atoms with E-state index in [0.29, 0.717) is 24.0 Å². The van der Waals surface area contributed by atoms with Gasteiger partial charge in [0.05, 0.1) is 17.7 Å². The van der Waals surface area contributed by atoms with Crippen molar-refractivity contribution in [1.29, 1.82) is 0 Å². The Labute approximate surface area is 141 Å². The van der Waals surface area contributed by atoms with Crippen LogP contribution in [0.3, 0.4) is 0 Å². The minimum absolute atomic E-state index is 0.0707. The first-order valence-corrected chi connectivity index (χ1v) is 8.21. The molecule has 7 nitrogen and oxygen atoms in total. The number of ether oxygens (including phenoxy) is 1. The summed E-state index contributed by atoms with van der Waals surface area (Å²) in [6.45, 7) is 3.87. The smallest absolute Gasteiger partial charge is 0.333 e. The second-order valence-corrected chi connectivity index (χ2v) is 6.14. The van der Waals surface area contributed by atoms with E-state index in [1.165, 1.54) is 5.56 Å². The fourth-order valence-corrected chi connectivity index (χ4v) is 3.35. The average molecular weight is 330 g/mol. The Morgan fingerprint density at radius 1 is 1.46 bits per heavy atom. The topological polar surface area (TPSA) is 73.4 Å². The molecule has 1 aliphatic heterocycles. The molecule has 24 heavy (non-hydrogen) atoms. The summed E-state index contributed by atoms with van der Waals surface area (Å²) in [7, 11) is 1.91. The van der Waals surface area contributed by atoms with Gasteiger partial charge in [-0.25, -0.2) is 0 Å². The fourth-order valence-electron chi connectivity index (χ4n) is 3.35. The number of nitrogens with zero attached hydrogens (tertiary/aromatic N) is 4. The van der Waals surface area contributed by atoms with Crippen molar-refractivity contribution in [3.05, 3.63) is 46.3 Å². The summed E-state index contributed by atoms with van der Waals surface area (Å²) in [6.07, 6.45) is 5.88. The predicted octanol–water partition coefficient (Wildman–Crippen LogP) is 2.80. The standard InChI is InChI=1S/C17H22N4O3/c1-3-24-16-6-4-5-15(17(16)21(22)23)20-8-7-13(12-20)9-14-10-18-19(2)11-14/h4-6,10-11,13H,3,7-9,12H2,1-2H3/t13-/m1/s1. The molecule has 7 heteroatoms. The number of aryl methyl sites for hydroxylation is 1. The number of nitro benzene ring substituents is 1. The van der Waals surface area contributed by atoms with Gasteiger partial charge in [-0.15, -0.1) is 0 Å². The molecule has 1 fully saturated rings. The normalized spacial score (nSPS) is 17.2. The highest BCUT2D eigenvalue weighted by atomic mass is 16.6. The number of para-hydroxylation sites is 1. The van der Waals surface area contributed by atoms with Gasteiger partial charge in [0.15, 0.2) is 5.75 Å².